The highest BCUT2D eigenvalue weighted by Gasteiger charge is 2.18. The fourth-order valence-electron chi connectivity index (χ4n) is 3.48. The van der Waals surface area contributed by atoms with E-state index in [1.54, 1.807) is 25.6 Å². The van der Waals surface area contributed by atoms with Crippen LogP contribution in [0.4, 0.5) is 11.5 Å². The minimum atomic E-state index is -0.277. The van der Waals surface area contributed by atoms with E-state index in [2.05, 4.69) is 32.4 Å². The minimum Gasteiger partial charge on any atom is -0.496 e. The van der Waals surface area contributed by atoms with Crippen LogP contribution in [0.3, 0.4) is 0 Å². The van der Waals surface area contributed by atoms with Crippen molar-refractivity contribution in [2.24, 2.45) is 0 Å². The second-order valence-electron chi connectivity index (χ2n) is 7.06. The SMILES string of the molecule is COc1cc2nc(C)cn2cc1C(=O)Nc1ccc(N2CCN[C@@H](C)C2)cn1. The van der Waals surface area contributed by atoms with Gasteiger partial charge in [-0.2, -0.15) is 0 Å². The average molecular weight is 380 g/mol. The number of amides is 1. The molecule has 1 fully saturated rings. The van der Waals surface area contributed by atoms with Crippen molar-refractivity contribution >= 4 is 23.1 Å². The number of methoxy groups -OCH3 is 1. The zero-order valence-electron chi connectivity index (χ0n) is 16.3. The van der Waals surface area contributed by atoms with Crippen molar-refractivity contribution in [3.05, 3.63) is 48.0 Å². The van der Waals surface area contributed by atoms with Gasteiger partial charge in [0.05, 0.1) is 30.3 Å². The van der Waals surface area contributed by atoms with Gasteiger partial charge in [0.15, 0.2) is 0 Å². The van der Waals surface area contributed by atoms with Gasteiger partial charge in [-0.15, -0.1) is 0 Å². The topological polar surface area (TPSA) is 83.8 Å². The van der Waals surface area contributed by atoms with Crippen molar-refractivity contribution < 1.29 is 9.53 Å². The molecule has 4 heterocycles. The van der Waals surface area contributed by atoms with Crippen molar-refractivity contribution in [1.29, 1.82) is 0 Å². The van der Waals surface area contributed by atoms with Crippen LogP contribution >= 0.6 is 0 Å². The number of carbonyl (C=O) groups excluding carboxylic acids is 1. The van der Waals surface area contributed by atoms with Crippen molar-refractivity contribution in [1.82, 2.24) is 19.7 Å². The number of nitrogens with one attached hydrogen (secondary N) is 2. The summed E-state index contributed by atoms with van der Waals surface area (Å²) >= 11 is 0. The Morgan fingerprint density at radius 3 is 2.93 bits per heavy atom. The van der Waals surface area contributed by atoms with Gasteiger partial charge < -0.3 is 24.7 Å². The molecular formula is C20H24N6O2. The Morgan fingerprint density at radius 2 is 2.21 bits per heavy atom. The molecule has 2 N–H and O–H groups in total. The highest BCUT2D eigenvalue weighted by molar-refractivity contribution is 6.05. The summed E-state index contributed by atoms with van der Waals surface area (Å²) < 4.78 is 7.20. The number of fused-ring (bicyclic) bond motifs is 1. The van der Waals surface area contributed by atoms with E-state index in [0.717, 1.165) is 36.7 Å². The molecule has 1 saturated heterocycles. The smallest absolute Gasteiger partial charge is 0.262 e. The molecule has 8 nitrogen and oxygen atoms in total. The number of hydrogen-bond donors (Lipinski definition) is 2. The summed E-state index contributed by atoms with van der Waals surface area (Å²) in [5, 5.41) is 6.27. The van der Waals surface area contributed by atoms with E-state index in [-0.39, 0.29) is 5.91 Å². The van der Waals surface area contributed by atoms with E-state index in [1.165, 1.54) is 0 Å². The lowest BCUT2D eigenvalue weighted by molar-refractivity contribution is 0.102. The predicted molar refractivity (Wildman–Crippen MR) is 108 cm³/mol. The molecule has 3 aromatic heterocycles. The number of aromatic nitrogens is 3. The Kier molecular flexibility index (Phi) is 4.87. The molecule has 146 valence electrons. The Balaban J connectivity index is 1.52. The number of pyridine rings is 2. The van der Waals surface area contributed by atoms with Gasteiger partial charge in [-0.1, -0.05) is 0 Å². The molecule has 1 atom stereocenters. The summed E-state index contributed by atoms with van der Waals surface area (Å²) in [6.45, 7) is 6.91. The first kappa shape index (κ1) is 18.2. The Bertz CT molecular complexity index is 998. The van der Waals surface area contributed by atoms with Gasteiger partial charge in [-0.3, -0.25) is 4.79 Å². The van der Waals surface area contributed by atoms with Gasteiger partial charge in [0.2, 0.25) is 0 Å². The number of ether oxygens (including phenoxy) is 1. The summed E-state index contributed by atoms with van der Waals surface area (Å²) in [5.41, 5.74) is 3.09. The van der Waals surface area contributed by atoms with Crippen molar-refractivity contribution in [2.45, 2.75) is 19.9 Å². The third kappa shape index (κ3) is 3.63. The molecule has 0 bridgehead atoms. The molecular weight excluding hydrogens is 356 g/mol. The third-order valence-corrected chi connectivity index (χ3v) is 4.86. The number of piperazine rings is 1. The number of rotatable bonds is 4. The van der Waals surface area contributed by atoms with Crippen LogP contribution in [0.15, 0.2) is 36.8 Å². The molecule has 0 spiro atoms. The quantitative estimate of drug-likeness (QED) is 0.721. The minimum absolute atomic E-state index is 0.277. The van der Waals surface area contributed by atoms with Crippen molar-refractivity contribution in [3.63, 3.8) is 0 Å². The molecule has 0 aliphatic carbocycles. The first-order chi connectivity index (χ1) is 13.5. The fourth-order valence-corrected chi connectivity index (χ4v) is 3.48. The number of imidazole rings is 1. The molecule has 4 rings (SSSR count). The zero-order valence-corrected chi connectivity index (χ0v) is 16.3. The Labute approximate surface area is 163 Å². The van der Waals surface area contributed by atoms with Crippen molar-refractivity contribution in [3.8, 4) is 5.75 Å². The molecule has 1 aliphatic rings. The van der Waals surface area contributed by atoms with E-state index in [4.69, 9.17) is 4.74 Å². The van der Waals surface area contributed by atoms with Gasteiger partial charge in [0.25, 0.3) is 5.91 Å². The van der Waals surface area contributed by atoms with Crippen LogP contribution in [0.2, 0.25) is 0 Å². The zero-order chi connectivity index (χ0) is 19.7. The first-order valence-electron chi connectivity index (χ1n) is 9.32. The molecule has 8 heteroatoms. The molecule has 0 aromatic carbocycles. The van der Waals surface area contributed by atoms with Gasteiger partial charge in [-0.05, 0) is 26.0 Å². The first-order valence-corrected chi connectivity index (χ1v) is 9.32. The third-order valence-electron chi connectivity index (χ3n) is 4.86. The van der Waals surface area contributed by atoms with E-state index in [9.17, 15) is 4.79 Å². The van der Waals surface area contributed by atoms with E-state index in [0.29, 0.717) is 23.2 Å². The molecule has 0 radical (unpaired) electrons. The number of carbonyl (C=O) groups is 1. The van der Waals surface area contributed by atoms with E-state index in [1.807, 2.05) is 29.7 Å². The molecule has 1 amide bonds. The van der Waals surface area contributed by atoms with E-state index < -0.39 is 0 Å². The van der Waals surface area contributed by atoms with Crippen molar-refractivity contribution in [2.75, 3.05) is 37.0 Å². The second kappa shape index (κ2) is 7.47. The van der Waals surface area contributed by atoms with Crippen LogP contribution in [0.25, 0.3) is 5.65 Å². The Hall–Kier alpha value is -3.13. The highest BCUT2D eigenvalue weighted by Crippen LogP contribution is 2.23. The summed E-state index contributed by atoms with van der Waals surface area (Å²) in [5.74, 6) is 0.698. The predicted octanol–water partition coefficient (Wildman–Crippen LogP) is 2.10. The standard InChI is InChI=1S/C20H24N6O2/c1-13-10-25(7-6-21-13)15-4-5-18(22-9-15)24-20(27)16-12-26-11-14(2)23-19(26)8-17(16)28-3/h4-5,8-9,11-13,21H,6-7,10H2,1-3H3,(H,22,24,27)/t13-/m0/s1. The molecule has 0 unspecified atom stereocenters. The number of aryl methyl sites for hydroxylation is 1. The van der Waals surface area contributed by atoms with Crippen LogP contribution in [0.1, 0.15) is 23.0 Å². The molecule has 0 saturated carbocycles. The van der Waals surface area contributed by atoms with Crippen LogP contribution < -0.4 is 20.3 Å². The number of nitrogens with zero attached hydrogens (tertiary/aromatic N) is 4. The molecule has 28 heavy (non-hydrogen) atoms. The van der Waals surface area contributed by atoms with Gasteiger partial charge in [-0.25, -0.2) is 9.97 Å². The Morgan fingerprint density at radius 1 is 1.36 bits per heavy atom. The monoisotopic (exact) mass is 380 g/mol. The van der Waals surface area contributed by atoms with E-state index >= 15 is 0 Å². The summed E-state index contributed by atoms with van der Waals surface area (Å²) in [6, 6.07) is 6.01. The maximum atomic E-state index is 12.8. The lowest BCUT2D eigenvalue weighted by atomic mass is 10.2. The van der Waals surface area contributed by atoms with Crippen LogP contribution in [-0.2, 0) is 0 Å². The largest absolute Gasteiger partial charge is 0.496 e. The fraction of sp³-hybridized carbons (Fsp3) is 0.350. The highest BCUT2D eigenvalue weighted by atomic mass is 16.5. The maximum Gasteiger partial charge on any atom is 0.262 e. The summed E-state index contributed by atoms with van der Waals surface area (Å²) in [4.78, 5) is 23.9. The second-order valence-corrected chi connectivity index (χ2v) is 7.06. The van der Waals surface area contributed by atoms with Crippen LogP contribution in [0, 0.1) is 6.92 Å². The lowest BCUT2D eigenvalue weighted by Gasteiger charge is -2.33. The molecule has 3 aromatic rings. The summed E-state index contributed by atoms with van der Waals surface area (Å²) in [6.07, 6.45) is 5.39. The van der Waals surface area contributed by atoms with Crippen LogP contribution in [-0.4, -0.2) is 53.1 Å². The van der Waals surface area contributed by atoms with Gasteiger partial charge in [0.1, 0.15) is 17.2 Å². The lowest BCUT2D eigenvalue weighted by Crippen LogP contribution is -2.49. The number of hydrogen-bond acceptors (Lipinski definition) is 6. The molecule has 1 aliphatic heterocycles. The normalized spacial score (nSPS) is 17.0. The average Bonchev–Trinajstić information content (AvgIpc) is 3.06. The maximum absolute atomic E-state index is 12.8. The van der Waals surface area contributed by atoms with Gasteiger partial charge in [0, 0.05) is 44.1 Å². The summed E-state index contributed by atoms with van der Waals surface area (Å²) in [7, 11) is 1.54. The number of anilines is 2. The van der Waals surface area contributed by atoms with Gasteiger partial charge >= 0.3 is 0 Å². The van der Waals surface area contributed by atoms with Crippen LogP contribution in [0.5, 0.6) is 5.75 Å².